The van der Waals surface area contributed by atoms with Crippen LogP contribution in [0.3, 0.4) is 0 Å². The summed E-state index contributed by atoms with van der Waals surface area (Å²) in [6.45, 7) is 4.01. The molecule has 0 bridgehead atoms. The van der Waals surface area contributed by atoms with E-state index in [1.54, 1.807) is 13.1 Å². The van der Waals surface area contributed by atoms with E-state index in [-0.39, 0.29) is 25.3 Å². The zero-order valence-electron chi connectivity index (χ0n) is 18.0. The van der Waals surface area contributed by atoms with Gasteiger partial charge in [-0.3, -0.25) is 13.9 Å². The molecule has 0 amide bonds. The van der Waals surface area contributed by atoms with E-state index in [0.717, 1.165) is 11.0 Å². The van der Waals surface area contributed by atoms with Crippen LogP contribution in [0.1, 0.15) is 32.3 Å². The highest BCUT2D eigenvalue weighted by molar-refractivity contribution is 7.22. The van der Waals surface area contributed by atoms with E-state index in [1.165, 1.54) is 34.1 Å². The van der Waals surface area contributed by atoms with E-state index in [9.17, 15) is 22.8 Å². The van der Waals surface area contributed by atoms with Crippen molar-refractivity contribution in [3.8, 4) is 16.2 Å². The number of ether oxygens (including phenoxy) is 1. The fourth-order valence-corrected chi connectivity index (χ4v) is 4.86. The predicted molar refractivity (Wildman–Crippen MR) is 118 cm³/mol. The molecule has 0 unspecified atom stereocenters. The summed E-state index contributed by atoms with van der Waals surface area (Å²) in [4.78, 5) is 27.1. The van der Waals surface area contributed by atoms with Crippen molar-refractivity contribution in [1.29, 1.82) is 0 Å². The number of aryl methyl sites for hydroxylation is 2. The standard InChI is InChI=1S/C22H25F3N2O4S/c1-13(2)8-9-16-17-19(29)27(10-5-11-28)21(30)26(3)20(17)32-18(16)14-6-4-7-15(12-14)31-22(23,24)25/h4,6-7,12-13,28H,5,8-11H2,1-3H3. The van der Waals surface area contributed by atoms with Crippen molar-refractivity contribution >= 4 is 21.6 Å². The summed E-state index contributed by atoms with van der Waals surface area (Å²) in [6, 6.07) is 5.63. The van der Waals surface area contributed by atoms with Crippen molar-refractivity contribution in [2.75, 3.05) is 6.61 Å². The molecule has 32 heavy (non-hydrogen) atoms. The van der Waals surface area contributed by atoms with Crippen molar-refractivity contribution in [1.82, 2.24) is 9.13 Å². The second-order valence-electron chi connectivity index (χ2n) is 7.97. The van der Waals surface area contributed by atoms with Crippen LogP contribution in [0, 0.1) is 5.92 Å². The molecule has 0 aliphatic carbocycles. The number of hydrogen-bond donors (Lipinski definition) is 1. The Morgan fingerprint density at radius 1 is 1.22 bits per heavy atom. The van der Waals surface area contributed by atoms with Crippen LogP contribution in [-0.4, -0.2) is 27.2 Å². The van der Waals surface area contributed by atoms with Crippen LogP contribution < -0.4 is 16.0 Å². The molecule has 1 aromatic carbocycles. The summed E-state index contributed by atoms with van der Waals surface area (Å²) < 4.78 is 44.7. The summed E-state index contributed by atoms with van der Waals surface area (Å²) in [7, 11) is 1.56. The third-order valence-corrected chi connectivity index (χ3v) is 6.47. The summed E-state index contributed by atoms with van der Waals surface area (Å²) in [5, 5.41) is 9.53. The Kier molecular flexibility index (Phi) is 7.14. The number of benzene rings is 1. The Labute approximate surface area is 186 Å². The first-order chi connectivity index (χ1) is 15.0. The average Bonchev–Trinajstić information content (AvgIpc) is 3.09. The van der Waals surface area contributed by atoms with Gasteiger partial charge in [-0.1, -0.05) is 26.0 Å². The van der Waals surface area contributed by atoms with Gasteiger partial charge in [-0.15, -0.1) is 24.5 Å². The Hall–Kier alpha value is -2.59. The maximum atomic E-state index is 13.3. The number of aliphatic hydroxyl groups excluding tert-OH is 1. The van der Waals surface area contributed by atoms with Crippen molar-refractivity contribution in [3.05, 3.63) is 50.7 Å². The number of alkyl halides is 3. The second-order valence-corrected chi connectivity index (χ2v) is 8.97. The molecule has 1 N–H and O–H groups in total. The molecule has 0 fully saturated rings. The number of fused-ring (bicyclic) bond motifs is 1. The van der Waals surface area contributed by atoms with Gasteiger partial charge in [0.05, 0.1) is 5.39 Å². The van der Waals surface area contributed by atoms with Crippen molar-refractivity contribution in [2.24, 2.45) is 13.0 Å². The third kappa shape index (κ3) is 5.07. The number of halogens is 3. The van der Waals surface area contributed by atoms with E-state index < -0.39 is 17.6 Å². The van der Waals surface area contributed by atoms with Gasteiger partial charge in [-0.05, 0) is 48.4 Å². The molecular weight excluding hydrogens is 445 g/mol. The van der Waals surface area contributed by atoms with Crippen LogP contribution in [0.25, 0.3) is 20.7 Å². The number of rotatable bonds is 8. The maximum absolute atomic E-state index is 13.3. The number of aromatic nitrogens is 2. The van der Waals surface area contributed by atoms with Gasteiger partial charge in [-0.25, -0.2) is 4.79 Å². The summed E-state index contributed by atoms with van der Waals surface area (Å²) in [5.74, 6) is -0.0154. The largest absolute Gasteiger partial charge is 0.573 e. The van der Waals surface area contributed by atoms with E-state index in [4.69, 9.17) is 5.11 Å². The first kappa shape index (κ1) is 24.1. The number of hydrogen-bond acceptors (Lipinski definition) is 5. The van der Waals surface area contributed by atoms with Gasteiger partial charge in [0.15, 0.2) is 0 Å². The number of thiophene rings is 1. The van der Waals surface area contributed by atoms with Gasteiger partial charge in [0.1, 0.15) is 10.6 Å². The molecule has 2 aromatic heterocycles. The van der Waals surface area contributed by atoms with E-state index in [1.807, 2.05) is 13.8 Å². The van der Waals surface area contributed by atoms with Crippen LogP contribution in [0.5, 0.6) is 5.75 Å². The molecule has 0 aliphatic heterocycles. The summed E-state index contributed by atoms with van der Waals surface area (Å²) in [6.07, 6.45) is -3.26. The van der Waals surface area contributed by atoms with Gasteiger partial charge in [-0.2, -0.15) is 0 Å². The minimum atomic E-state index is -4.82. The van der Waals surface area contributed by atoms with Gasteiger partial charge in [0.25, 0.3) is 5.56 Å². The summed E-state index contributed by atoms with van der Waals surface area (Å²) in [5.41, 5.74) is 0.260. The quantitative estimate of drug-likeness (QED) is 0.533. The van der Waals surface area contributed by atoms with Crippen LogP contribution >= 0.6 is 11.3 Å². The van der Waals surface area contributed by atoms with Crippen LogP contribution in [-0.2, 0) is 20.0 Å². The smallest absolute Gasteiger partial charge is 0.406 e. The fraction of sp³-hybridized carbons (Fsp3) is 0.455. The molecular formula is C22H25F3N2O4S. The summed E-state index contributed by atoms with van der Waals surface area (Å²) >= 11 is 1.21. The van der Waals surface area contributed by atoms with Crippen LogP contribution in [0.4, 0.5) is 13.2 Å². The van der Waals surface area contributed by atoms with E-state index >= 15 is 0 Å². The zero-order valence-corrected chi connectivity index (χ0v) is 18.8. The van der Waals surface area contributed by atoms with Crippen LogP contribution in [0.15, 0.2) is 33.9 Å². The molecule has 3 rings (SSSR count). The van der Waals surface area contributed by atoms with Gasteiger partial charge in [0.2, 0.25) is 0 Å². The molecule has 0 aliphatic rings. The minimum absolute atomic E-state index is 0.0850. The molecule has 174 valence electrons. The van der Waals surface area contributed by atoms with E-state index in [2.05, 4.69) is 4.74 Å². The molecule has 2 heterocycles. The Bertz CT molecular complexity index is 1220. The van der Waals surface area contributed by atoms with E-state index in [0.29, 0.717) is 38.6 Å². The zero-order chi connectivity index (χ0) is 23.6. The Balaban J connectivity index is 2.27. The lowest BCUT2D eigenvalue weighted by molar-refractivity contribution is -0.274. The molecule has 0 saturated carbocycles. The van der Waals surface area contributed by atoms with Gasteiger partial charge < -0.3 is 9.84 Å². The molecule has 0 atom stereocenters. The molecule has 0 saturated heterocycles. The lowest BCUT2D eigenvalue weighted by atomic mass is 9.98. The fourth-order valence-electron chi connectivity index (χ4n) is 3.56. The Morgan fingerprint density at radius 3 is 2.56 bits per heavy atom. The van der Waals surface area contributed by atoms with Crippen molar-refractivity contribution < 1.29 is 23.0 Å². The molecule has 3 aromatic rings. The SMILES string of the molecule is CC(C)CCc1c(-c2cccc(OC(F)(F)F)c2)sc2c1c(=O)n(CCCO)c(=O)n2C. The first-order valence-electron chi connectivity index (χ1n) is 10.3. The monoisotopic (exact) mass is 470 g/mol. The molecule has 0 radical (unpaired) electrons. The normalized spacial score (nSPS) is 12.1. The predicted octanol–water partition coefficient (Wildman–Crippen LogP) is 4.30. The molecule has 0 spiro atoms. The van der Waals surface area contributed by atoms with Gasteiger partial charge >= 0.3 is 12.1 Å². The number of nitrogens with zero attached hydrogens (tertiary/aromatic N) is 2. The van der Waals surface area contributed by atoms with Crippen LogP contribution in [0.2, 0.25) is 0 Å². The lowest BCUT2D eigenvalue weighted by Gasteiger charge is -2.11. The first-order valence-corrected chi connectivity index (χ1v) is 11.1. The molecule has 6 nitrogen and oxygen atoms in total. The average molecular weight is 471 g/mol. The molecule has 10 heteroatoms. The Morgan fingerprint density at radius 2 is 1.94 bits per heavy atom. The highest BCUT2D eigenvalue weighted by Crippen LogP contribution is 2.39. The van der Waals surface area contributed by atoms with Crippen molar-refractivity contribution in [3.63, 3.8) is 0 Å². The third-order valence-electron chi connectivity index (χ3n) is 5.11. The lowest BCUT2D eigenvalue weighted by Crippen LogP contribution is -2.39. The highest BCUT2D eigenvalue weighted by Gasteiger charge is 2.31. The number of aliphatic hydroxyl groups is 1. The van der Waals surface area contributed by atoms with Gasteiger partial charge in [0, 0.05) is 25.1 Å². The second kappa shape index (κ2) is 9.50. The topological polar surface area (TPSA) is 73.5 Å². The maximum Gasteiger partial charge on any atom is 0.573 e. The minimum Gasteiger partial charge on any atom is -0.406 e. The van der Waals surface area contributed by atoms with Crippen molar-refractivity contribution in [2.45, 2.75) is 46.0 Å². The highest BCUT2D eigenvalue weighted by atomic mass is 32.1.